The van der Waals surface area contributed by atoms with Gasteiger partial charge in [0.1, 0.15) is 0 Å². The van der Waals surface area contributed by atoms with Crippen LogP contribution in [0.2, 0.25) is 0 Å². The molecule has 4 rings (SSSR count). The van der Waals surface area contributed by atoms with Crippen molar-refractivity contribution < 1.29 is 9.47 Å². The molecule has 196 valence electrons. The Bertz CT molecular complexity index is 907. The van der Waals surface area contributed by atoms with Gasteiger partial charge in [-0.2, -0.15) is 15.0 Å². The number of nitrogens with zero attached hydrogens (tertiary/aromatic N) is 6. The molecule has 2 aliphatic rings. The third-order valence-corrected chi connectivity index (χ3v) is 7.42. The Balaban J connectivity index is 1.52. The number of aromatic nitrogens is 4. The minimum atomic E-state index is 0.142. The Morgan fingerprint density at radius 2 is 1.63 bits per heavy atom. The summed E-state index contributed by atoms with van der Waals surface area (Å²) in [5.74, 6) is 0.345. The van der Waals surface area contributed by atoms with E-state index >= 15 is 0 Å². The number of unbranched alkanes of at least 4 members (excludes halogenated alkanes) is 3. The second-order valence-corrected chi connectivity index (χ2v) is 10.1. The maximum absolute atomic E-state index is 6.31. The third-order valence-electron chi connectivity index (χ3n) is 7.42. The Labute approximate surface area is 210 Å². The van der Waals surface area contributed by atoms with E-state index in [9.17, 15) is 0 Å². The Morgan fingerprint density at radius 3 is 2.34 bits per heavy atom. The first-order chi connectivity index (χ1) is 17.2. The standard InChI is InChI=1S/C26H45N7O2/c1-3-4-20-35-25-29-23(27)22-24(30-25)33(26(28-22)34-2)21(32-18-12-7-13-19-32)14-8-5-9-15-31-16-10-6-11-17-31/h21H,3-20H2,1-2H3,(H2,27,29,30). The summed E-state index contributed by atoms with van der Waals surface area (Å²) in [6.07, 6.45) is 14.7. The van der Waals surface area contributed by atoms with Gasteiger partial charge >= 0.3 is 6.01 Å². The van der Waals surface area contributed by atoms with Gasteiger partial charge in [0.2, 0.25) is 0 Å². The molecule has 2 aromatic rings. The molecule has 0 aliphatic carbocycles. The SMILES string of the molecule is CCCCOc1nc(N)c2nc(OC)n(C(CCCCCN3CCCCC3)N3CCCCC3)c2n1. The maximum atomic E-state index is 6.31. The van der Waals surface area contributed by atoms with Gasteiger partial charge in [0.25, 0.3) is 6.01 Å². The number of ether oxygens (including phenoxy) is 2. The van der Waals surface area contributed by atoms with Crippen LogP contribution in [0.4, 0.5) is 5.82 Å². The lowest BCUT2D eigenvalue weighted by molar-refractivity contribution is 0.0975. The summed E-state index contributed by atoms with van der Waals surface area (Å²) in [6, 6.07) is 0.877. The number of rotatable bonds is 13. The molecular formula is C26H45N7O2. The number of hydrogen-bond acceptors (Lipinski definition) is 8. The fourth-order valence-corrected chi connectivity index (χ4v) is 5.45. The molecule has 2 aliphatic heterocycles. The van der Waals surface area contributed by atoms with Crippen LogP contribution in [0.25, 0.3) is 11.2 Å². The molecule has 1 unspecified atom stereocenters. The van der Waals surface area contributed by atoms with Gasteiger partial charge in [-0.3, -0.25) is 9.47 Å². The number of imidazole rings is 1. The van der Waals surface area contributed by atoms with Crippen molar-refractivity contribution in [3.8, 4) is 12.0 Å². The molecule has 2 aromatic heterocycles. The molecule has 9 nitrogen and oxygen atoms in total. The topological polar surface area (TPSA) is 94.6 Å². The quantitative estimate of drug-likeness (QED) is 0.409. The van der Waals surface area contributed by atoms with Gasteiger partial charge < -0.3 is 20.1 Å². The predicted octanol–water partition coefficient (Wildman–Crippen LogP) is 4.63. The van der Waals surface area contributed by atoms with E-state index in [-0.39, 0.29) is 6.17 Å². The molecule has 0 amide bonds. The summed E-state index contributed by atoms with van der Waals surface area (Å²) in [6.45, 7) is 8.67. The molecule has 2 fully saturated rings. The predicted molar refractivity (Wildman–Crippen MR) is 140 cm³/mol. The average Bonchev–Trinajstić information content (AvgIpc) is 3.26. The number of fused-ring (bicyclic) bond motifs is 1. The van der Waals surface area contributed by atoms with Crippen molar-refractivity contribution in [3.05, 3.63) is 0 Å². The number of piperidine rings is 2. The average molecular weight is 488 g/mol. The van der Waals surface area contributed by atoms with Crippen LogP contribution in [-0.2, 0) is 0 Å². The van der Waals surface area contributed by atoms with Crippen LogP contribution in [0.3, 0.4) is 0 Å². The Kier molecular flexibility index (Phi) is 9.83. The summed E-state index contributed by atoms with van der Waals surface area (Å²) in [5, 5.41) is 0. The maximum Gasteiger partial charge on any atom is 0.320 e. The zero-order valence-electron chi connectivity index (χ0n) is 21.9. The Hall–Kier alpha value is -2.13. The van der Waals surface area contributed by atoms with E-state index in [1.165, 1.54) is 71.0 Å². The fourth-order valence-electron chi connectivity index (χ4n) is 5.45. The molecule has 2 saturated heterocycles. The van der Waals surface area contributed by atoms with Crippen LogP contribution >= 0.6 is 0 Å². The first kappa shape index (κ1) is 25.9. The van der Waals surface area contributed by atoms with Crippen molar-refractivity contribution in [1.29, 1.82) is 0 Å². The second-order valence-electron chi connectivity index (χ2n) is 10.1. The van der Waals surface area contributed by atoms with E-state index < -0.39 is 0 Å². The number of likely N-dealkylation sites (tertiary alicyclic amines) is 2. The van der Waals surface area contributed by atoms with Gasteiger partial charge in [-0.05, 0) is 71.0 Å². The molecule has 0 spiro atoms. The van der Waals surface area contributed by atoms with Crippen LogP contribution in [0.1, 0.15) is 90.1 Å². The van der Waals surface area contributed by atoms with E-state index in [4.69, 9.17) is 25.2 Å². The largest absolute Gasteiger partial charge is 0.468 e. The van der Waals surface area contributed by atoms with E-state index in [1.807, 2.05) is 0 Å². The molecule has 0 saturated carbocycles. The lowest BCUT2D eigenvalue weighted by atomic mass is 10.1. The molecule has 0 aromatic carbocycles. The first-order valence-corrected chi connectivity index (χ1v) is 13.9. The van der Waals surface area contributed by atoms with E-state index in [2.05, 4.69) is 26.3 Å². The molecule has 0 bridgehead atoms. The van der Waals surface area contributed by atoms with Crippen LogP contribution in [0, 0.1) is 0 Å². The normalized spacial score (nSPS) is 18.7. The zero-order chi connectivity index (χ0) is 24.5. The van der Waals surface area contributed by atoms with Gasteiger partial charge in [0, 0.05) is 13.1 Å². The summed E-state index contributed by atoms with van der Waals surface area (Å²) in [4.78, 5) is 19.0. The smallest absolute Gasteiger partial charge is 0.320 e. The molecule has 1 atom stereocenters. The van der Waals surface area contributed by atoms with E-state index in [1.54, 1.807) is 7.11 Å². The van der Waals surface area contributed by atoms with Crippen molar-refractivity contribution in [2.45, 2.75) is 90.1 Å². The second kappa shape index (κ2) is 13.3. The first-order valence-electron chi connectivity index (χ1n) is 13.9. The highest BCUT2D eigenvalue weighted by Gasteiger charge is 2.29. The molecule has 0 radical (unpaired) electrons. The summed E-state index contributed by atoms with van der Waals surface area (Å²) in [5.41, 5.74) is 7.61. The summed E-state index contributed by atoms with van der Waals surface area (Å²) >= 11 is 0. The molecule has 2 N–H and O–H groups in total. The number of anilines is 1. The molecule has 4 heterocycles. The third kappa shape index (κ3) is 6.76. The number of hydrogen-bond donors (Lipinski definition) is 1. The van der Waals surface area contributed by atoms with Crippen LogP contribution in [-0.4, -0.2) is 75.8 Å². The van der Waals surface area contributed by atoms with Crippen molar-refractivity contribution in [2.24, 2.45) is 0 Å². The van der Waals surface area contributed by atoms with Crippen molar-refractivity contribution in [1.82, 2.24) is 29.3 Å². The summed E-state index contributed by atoms with van der Waals surface area (Å²) < 4.78 is 13.7. The van der Waals surface area contributed by atoms with Gasteiger partial charge in [0.15, 0.2) is 17.0 Å². The van der Waals surface area contributed by atoms with Gasteiger partial charge in [0.05, 0.1) is 19.9 Å². The lowest BCUT2D eigenvalue weighted by Crippen LogP contribution is -2.37. The van der Waals surface area contributed by atoms with Crippen LogP contribution < -0.4 is 15.2 Å². The van der Waals surface area contributed by atoms with Gasteiger partial charge in [-0.15, -0.1) is 0 Å². The highest BCUT2D eigenvalue weighted by Crippen LogP contribution is 2.34. The monoisotopic (exact) mass is 487 g/mol. The van der Waals surface area contributed by atoms with E-state index in [0.717, 1.165) is 38.8 Å². The minimum Gasteiger partial charge on any atom is -0.468 e. The van der Waals surface area contributed by atoms with Gasteiger partial charge in [-0.25, -0.2) is 0 Å². The van der Waals surface area contributed by atoms with Crippen molar-refractivity contribution >= 4 is 17.0 Å². The van der Waals surface area contributed by atoms with Crippen LogP contribution in [0.5, 0.6) is 12.0 Å². The van der Waals surface area contributed by atoms with Gasteiger partial charge in [-0.1, -0.05) is 32.6 Å². The van der Waals surface area contributed by atoms with Crippen molar-refractivity contribution in [3.63, 3.8) is 0 Å². The summed E-state index contributed by atoms with van der Waals surface area (Å²) in [7, 11) is 1.67. The molecule has 35 heavy (non-hydrogen) atoms. The lowest BCUT2D eigenvalue weighted by Gasteiger charge is -2.36. The van der Waals surface area contributed by atoms with Crippen molar-refractivity contribution in [2.75, 3.05) is 52.2 Å². The van der Waals surface area contributed by atoms with E-state index in [0.29, 0.717) is 35.6 Å². The number of nitrogens with two attached hydrogens (primary N) is 1. The molecule has 9 heteroatoms. The highest BCUT2D eigenvalue weighted by molar-refractivity contribution is 5.83. The fraction of sp³-hybridized carbons (Fsp3) is 0.808. The number of methoxy groups -OCH3 is 1. The zero-order valence-corrected chi connectivity index (χ0v) is 21.9. The molecular weight excluding hydrogens is 442 g/mol. The Morgan fingerprint density at radius 1 is 0.886 bits per heavy atom. The van der Waals surface area contributed by atoms with Crippen LogP contribution in [0.15, 0.2) is 0 Å². The highest BCUT2D eigenvalue weighted by atomic mass is 16.5. The minimum absolute atomic E-state index is 0.142. The number of nitrogen functional groups attached to an aromatic ring is 1.